The van der Waals surface area contributed by atoms with Gasteiger partial charge < -0.3 is 53.6 Å². The molecule has 4 rings (SSSR count). The Morgan fingerprint density at radius 1 is 0.437 bits per heavy atom. The number of carboxylic acids is 3. The van der Waals surface area contributed by atoms with Gasteiger partial charge in [-0.25, -0.2) is 9.59 Å². The molecule has 0 radical (unpaired) electrons. The van der Waals surface area contributed by atoms with Gasteiger partial charge in [0.1, 0.15) is 37.9 Å². The Bertz CT molecular complexity index is 2060. The van der Waals surface area contributed by atoms with Gasteiger partial charge in [-0.3, -0.25) is 38.4 Å². The summed E-state index contributed by atoms with van der Waals surface area (Å²) < 4.78 is 34.4. The molecule has 0 atom stereocenters. The van der Waals surface area contributed by atoms with E-state index in [0.29, 0.717) is 70.0 Å². The lowest BCUT2D eigenvalue weighted by atomic mass is 9.82. The molecule has 4 N–H and O–H groups in total. The molecule has 2 aromatic rings. The summed E-state index contributed by atoms with van der Waals surface area (Å²) in [6.07, 6.45) is 6.48. The van der Waals surface area contributed by atoms with Crippen LogP contribution in [-0.2, 0) is 89.2 Å². The summed E-state index contributed by atoms with van der Waals surface area (Å²) in [4.78, 5) is 112. The van der Waals surface area contributed by atoms with Gasteiger partial charge in [-0.1, -0.05) is 37.4 Å². The summed E-state index contributed by atoms with van der Waals surface area (Å²) in [5, 5.41) is 35.4. The van der Waals surface area contributed by atoms with Crippen LogP contribution in [0.25, 0.3) is 0 Å². The molecular weight excluding hydrogens is 937 g/mol. The first-order valence-electron chi connectivity index (χ1n) is 22.9. The number of phenols is 1. The number of hydrogen-bond acceptors (Lipinski definition) is 18. The third-order valence-electron chi connectivity index (χ3n) is 10.8. The third kappa shape index (κ3) is 26.7. The van der Waals surface area contributed by atoms with Gasteiger partial charge in [0.25, 0.3) is 0 Å². The van der Waals surface area contributed by atoms with E-state index in [2.05, 4.69) is 22.6 Å². The van der Waals surface area contributed by atoms with Crippen LogP contribution in [0.15, 0.2) is 73.8 Å². The Morgan fingerprint density at radius 2 is 0.732 bits per heavy atom. The monoisotopic (exact) mass is 998 g/mol. The number of ether oxygens (including phenoxy) is 7. The lowest BCUT2D eigenvalue weighted by Crippen LogP contribution is -2.28. The van der Waals surface area contributed by atoms with Crippen LogP contribution in [0.3, 0.4) is 0 Å². The second-order valence-electron chi connectivity index (χ2n) is 16.0. The Labute approximate surface area is 410 Å². The number of hydrogen-bond donors (Lipinski definition) is 4. The fourth-order valence-electron chi connectivity index (χ4n) is 6.73. The molecule has 0 amide bonds. The van der Waals surface area contributed by atoms with Crippen LogP contribution < -0.4 is 4.74 Å². The number of esters is 7. The largest absolute Gasteiger partial charge is 0.508 e. The van der Waals surface area contributed by atoms with Crippen molar-refractivity contribution in [3.05, 3.63) is 85.0 Å². The Hall–Kier alpha value is -7.58. The zero-order chi connectivity index (χ0) is 52.6. The molecule has 0 aliphatic heterocycles. The average molecular weight is 999 g/mol. The van der Waals surface area contributed by atoms with E-state index in [1.54, 1.807) is 48.5 Å². The first kappa shape index (κ1) is 59.5. The van der Waals surface area contributed by atoms with E-state index in [9.17, 15) is 47.9 Å². The molecule has 388 valence electrons. The van der Waals surface area contributed by atoms with Gasteiger partial charge in [-0.05, 0) is 86.8 Å². The van der Waals surface area contributed by atoms with Crippen LogP contribution in [0, 0.1) is 23.7 Å². The highest BCUT2D eigenvalue weighted by atomic mass is 16.6. The highest BCUT2D eigenvalue weighted by Crippen LogP contribution is 2.31. The van der Waals surface area contributed by atoms with Crippen molar-refractivity contribution < 1.29 is 102 Å². The topological polar surface area (TPSA) is 316 Å². The summed E-state index contributed by atoms with van der Waals surface area (Å²) in [6, 6.07) is 13.4. The van der Waals surface area contributed by atoms with Crippen molar-refractivity contribution in [3.8, 4) is 11.5 Å². The molecule has 2 aliphatic carbocycles. The molecule has 0 unspecified atom stereocenters. The maximum atomic E-state index is 12.3. The second kappa shape index (κ2) is 33.8. The summed E-state index contributed by atoms with van der Waals surface area (Å²) in [5.41, 5.74) is 1.79. The number of phenolic OH excluding ortho intramolecular Hbond substituents is 1. The number of aliphatic carboxylic acids is 3. The van der Waals surface area contributed by atoms with Gasteiger partial charge in [0.15, 0.2) is 0 Å². The van der Waals surface area contributed by atoms with Crippen molar-refractivity contribution in [1.29, 1.82) is 0 Å². The number of aromatic hydroxyl groups is 1. The van der Waals surface area contributed by atoms with Crippen molar-refractivity contribution in [2.45, 2.75) is 89.9 Å². The smallest absolute Gasteiger partial charge is 0.330 e. The molecule has 0 spiro atoms. The van der Waals surface area contributed by atoms with Crippen molar-refractivity contribution in [3.63, 3.8) is 0 Å². The minimum Gasteiger partial charge on any atom is -0.508 e. The summed E-state index contributed by atoms with van der Waals surface area (Å²) >= 11 is 0. The number of carboxylic acid groups (broad SMARTS) is 3. The Balaban J connectivity index is 0.000000411. The van der Waals surface area contributed by atoms with Crippen molar-refractivity contribution in [2.75, 3.05) is 39.6 Å². The van der Waals surface area contributed by atoms with Crippen molar-refractivity contribution >= 4 is 59.7 Å². The maximum absolute atomic E-state index is 12.3. The number of carbonyl (C=O) groups excluding carboxylic acids is 7. The average Bonchev–Trinajstić information content (AvgIpc) is 3.36. The molecule has 2 aromatic carbocycles. The fourth-order valence-corrected chi connectivity index (χ4v) is 6.73. The van der Waals surface area contributed by atoms with Crippen molar-refractivity contribution in [1.82, 2.24) is 0 Å². The fraction of sp³-hybridized carbons (Fsp3) is 0.480. The molecule has 71 heavy (non-hydrogen) atoms. The van der Waals surface area contributed by atoms with E-state index in [4.69, 9.17) is 44.1 Å². The molecule has 2 aliphatic rings. The van der Waals surface area contributed by atoms with Gasteiger partial charge in [0.2, 0.25) is 0 Å². The first-order valence-corrected chi connectivity index (χ1v) is 22.9. The van der Waals surface area contributed by atoms with E-state index in [-0.39, 0.29) is 101 Å². The van der Waals surface area contributed by atoms with Crippen LogP contribution in [0.4, 0.5) is 0 Å². The van der Waals surface area contributed by atoms with E-state index >= 15 is 0 Å². The molecule has 0 aromatic heterocycles. The molecule has 21 heteroatoms. The molecule has 2 saturated carbocycles. The Kier molecular flexibility index (Phi) is 28.4. The quantitative estimate of drug-likeness (QED) is 0.0330. The predicted octanol–water partition coefficient (Wildman–Crippen LogP) is 5.11. The van der Waals surface area contributed by atoms with Gasteiger partial charge >= 0.3 is 59.7 Å². The second-order valence-corrected chi connectivity index (χ2v) is 16.0. The normalized spacial score (nSPS) is 16.7. The van der Waals surface area contributed by atoms with Crippen LogP contribution in [0.2, 0.25) is 0 Å². The van der Waals surface area contributed by atoms with Crippen LogP contribution in [0.5, 0.6) is 11.5 Å². The molecule has 0 saturated heterocycles. The van der Waals surface area contributed by atoms with Crippen LogP contribution >= 0.6 is 0 Å². The lowest BCUT2D eigenvalue weighted by Gasteiger charge is -2.24. The SMILES string of the molecule is C=CC(=O)OCCOC(=O)CCC(=O)OCCc1ccc(O)cc1.C=CC(=O)OCCOC(=O)CCC(=O)OCCc1ccc(OC(=O)C2CCC(C(=O)O)CC2)cc1.O=C(O)C1CCC(C(=O)O)CC1. The Morgan fingerprint density at radius 3 is 1.06 bits per heavy atom. The highest BCUT2D eigenvalue weighted by molar-refractivity contribution is 5.82. The summed E-state index contributed by atoms with van der Waals surface area (Å²) in [5.74, 6) is -6.92. The predicted molar refractivity (Wildman–Crippen MR) is 246 cm³/mol. The van der Waals surface area contributed by atoms with Crippen LogP contribution in [-0.4, -0.2) is 120 Å². The molecule has 21 nitrogen and oxygen atoms in total. The zero-order valence-corrected chi connectivity index (χ0v) is 39.4. The standard InChI is InChI=1S/C25H30O10.C17H20O7.C8H12O4/c1-2-21(26)33-15-16-34-23(28)12-11-22(27)32-14-13-17-3-9-20(10-4-17)35-25(31)19-7-5-18(6-8-19)24(29)30;1-2-15(19)23-11-12-24-17(21)8-7-16(20)22-10-9-13-3-5-14(18)6-4-13;9-7(10)5-1-2-6(4-3-5)8(11)12/h2-4,9-10,18-19H,1,5-8,11-16H2,(H,29,30);2-6,18H,1,7-12H2;5-6H,1-4H2,(H,9,10)(H,11,12). The first-order chi connectivity index (χ1) is 33.9. The van der Waals surface area contributed by atoms with E-state index in [0.717, 1.165) is 23.3 Å². The summed E-state index contributed by atoms with van der Waals surface area (Å²) in [7, 11) is 0. The van der Waals surface area contributed by atoms with Gasteiger partial charge in [0.05, 0.1) is 62.6 Å². The molecular formula is C50H62O21. The van der Waals surface area contributed by atoms with Crippen LogP contribution in [0.1, 0.15) is 88.2 Å². The zero-order valence-electron chi connectivity index (χ0n) is 39.4. The lowest BCUT2D eigenvalue weighted by molar-refractivity contribution is -0.152. The van der Waals surface area contributed by atoms with Crippen molar-refractivity contribution in [2.24, 2.45) is 23.7 Å². The minimum absolute atomic E-state index is 0.0618. The van der Waals surface area contributed by atoms with Gasteiger partial charge in [-0.2, -0.15) is 0 Å². The molecule has 2 fully saturated rings. The third-order valence-corrected chi connectivity index (χ3v) is 10.8. The van der Waals surface area contributed by atoms with E-state index < -0.39 is 53.7 Å². The van der Waals surface area contributed by atoms with Gasteiger partial charge in [-0.15, -0.1) is 0 Å². The van der Waals surface area contributed by atoms with E-state index in [1.165, 1.54) is 0 Å². The van der Waals surface area contributed by atoms with Gasteiger partial charge in [0, 0.05) is 25.0 Å². The number of rotatable bonds is 25. The number of benzene rings is 2. The molecule has 0 heterocycles. The van der Waals surface area contributed by atoms with E-state index in [1.807, 2.05) is 0 Å². The summed E-state index contributed by atoms with van der Waals surface area (Å²) in [6.45, 7) is 6.44. The number of carbonyl (C=O) groups is 10. The highest BCUT2D eigenvalue weighted by Gasteiger charge is 2.31. The minimum atomic E-state index is -0.818. The maximum Gasteiger partial charge on any atom is 0.330 e. The molecule has 0 bridgehead atoms.